The van der Waals surface area contributed by atoms with E-state index in [9.17, 15) is 4.79 Å². The van der Waals surface area contributed by atoms with Crippen molar-refractivity contribution in [3.05, 3.63) is 65.6 Å². The third-order valence-corrected chi connectivity index (χ3v) is 5.10. The van der Waals surface area contributed by atoms with E-state index in [2.05, 4.69) is 25.6 Å². The molecule has 1 aliphatic heterocycles. The van der Waals surface area contributed by atoms with Gasteiger partial charge < -0.3 is 4.74 Å². The fraction of sp³-hybridized carbons (Fsp3) is 0.200. The maximum atomic E-state index is 12.2. The van der Waals surface area contributed by atoms with Gasteiger partial charge in [0.2, 0.25) is 0 Å². The molecule has 0 bridgehead atoms. The minimum atomic E-state index is -0.174. The zero-order chi connectivity index (χ0) is 17.8. The maximum Gasteiger partial charge on any atom is 0.270 e. The molecule has 1 amide bonds. The first-order chi connectivity index (χ1) is 12.1. The Balaban J connectivity index is 1.75. The van der Waals surface area contributed by atoms with Crippen molar-refractivity contribution in [3.8, 4) is 11.5 Å². The number of nitrogens with zero attached hydrogens (tertiary/aromatic N) is 1. The van der Waals surface area contributed by atoms with E-state index in [0.29, 0.717) is 20.7 Å². The summed E-state index contributed by atoms with van der Waals surface area (Å²) in [6.45, 7) is 5.92. The summed E-state index contributed by atoms with van der Waals surface area (Å²) in [6.07, 6.45) is 3.46. The van der Waals surface area contributed by atoms with Crippen LogP contribution in [-0.2, 0) is 11.2 Å². The first-order valence-corrected chi connectivity index (χ1v) is 9.43. The first-order valence-electron chi connectivity index (χ1n) is 8.20. The van der Waals surface area contributed by atoms with Crippen LogP contribution < -0.4 is 9.64 Å². The Morgan fingerprint density at radius 3 is 2.56 bits per heavy atom. The summed E-state index contributed by atoms with van der Waals surface area (Å²) in [6, 6.07) is 15.5. The molecule has 2 aromatic rings. The second kappa shape index (κ2) is 7.85. The van der Waals surface area contributed by atoms with Gasteiger partial charge in [0.25, 0.3) is 5.91 Å². The average Bonchev–Trinajstić information content (AvgIpc) is 2.87. The number of hydrogen-bond donors (Lipinski definition) is 0. The molecule has 1 heterocycles. The van der Waals surface area contributed by atoms with Gasteiger partial charge in [0.15, 0.2) is 4.32 Å². The zero-order valence-corrected chi connectivity index (χ0v) is 15.7. The lowest BCUT2D eigenvalue weighted by atomic mass is 10.1. The second-order valence-electron chi connectivity index (χ2n) is 5.78. The number of ether oxygens (including phenoxy) is 1. The number of carbonyl (C=O) groups is 1. The van der Waals surface area contributed by atoms with E-state index in [1.165, 1.54) is 35.1 Å². The molecular formula is C20H19NO2S2. The number of rotatable bonds is 6. The van der Waals surface area contributed by atoms with Gasteiger partial charge in [-0.2, -0.15) is 0 Å². The van der Waals surface area contributed by atoms with E-state index in [-0.39, 0.29) is 5.91 Å². The van der Waals surface area contributed by atoms with Crippen LogP contribution in [0.15, 0.2) is 60.0 Å². The monoisotopic (exact) mass is 369 g/mol. The number of hydrogen-bond acceptors (Lipinski definition) is 4. The summed E-state index contributed by atoms with van der Waals surface area (Å²) in [5.41, 5.74) is 2.00. The van der Waals surface area contributed by atoms with Gasteiger partial charge in [-0.25, -0.2) is 0 Å². The van der Waals surface area contributed by atoms with Gasteiger partial charge in [-0.05, 0) is 42.7 Å². The molecule has 25 heavy (non-hydrogen) atoms. The van der Waals surface area contributed by atoms with E-state index in [1.54, 1.807) is 0 Å². The molecule has 5 heteroatoms. The molecule has 0 saturated carbocycles. The van der Waals surface area contributed by atoms with E-state index in [4.69, 9.17) is 17.0 Å². The van der Waals surface area contributed by atoms with Crippen molar-refractivity contribution < 1.29 is 9.53 Å². The standard InChI is InChI=1S/C20H19NO2S2/c1-3-4-6-15-9-11-17(12-10-15)23-18-8-5-7-16(13-18)21-19(22)14(2)25-20(21)24/h5,7-13H,2-4,6H2,1H3. The molecule has 0 spiro atoms. The SMILES string of the molecule is C=C1SC(=S)N(c2cccc(Oc3ccc(CCCC)cc3)c2)C1=O. The van der Waals surface area contributed by atoms with Crippen LogP contribution >= 0.6 is 24.0 Å². The van der Waals surface area contributed by atoms with Crippen molar-refractivity contribution in [2.45, 2.75) is 26.2 Å². The van der Waals surface area contributed by atoms with Crippen molar-refractivity contribution in [2.24, 2.45) is 0 Å². The highest BCUT2D eigenvalue weighted by Gasteiger charge is 2.32. The highest BCUT2D eigenvalue weighted by atomic mass is 32.2. The summed E-state index contributed by atoms with van der Waals surface area (Å²) in [4.78, 5) is 14.1. The summed E-state index contributed by atoms with van der Waals surface area (Å²) in [5.74, 6) is 1.26. The number of benzene rings is 2. The van der Waals surface area contributed by atoms with Gasteiger partial charge in [0.1, 0.15) is 11.5 Å². The topological polar surface area (TPSA) is 29.5 Å². The molecule has 0 radical (unpaired) electrons. The summed E-state index contributed by atoms with van der Waals surface area (Å²) >= 11 is 6.49. The highest BCUT2D eigenvalue weighted by molar-refractivity contribution is 8.27. The van der Waals surface area contributed by atoms with E-state index in [0.717, 1.165) is 12.2 Å². The normalized spacial score (nSPS) is 14.3. The third-order valence-electron chi connectivity index (χ3n) is 3.89. The Kier molecular flexibility index (Phi) is 5.56. The fourth-order valence-electron chi connectivity index (χ4n) is 2.55. The number of thiocarbonyl (C=S) groups is 1. The summed E-state index contributed by atoms with van der Waals surface area (Å²) in [5, 5.41) is 0. The van der Waals surface area contributed by atoms with E-state index in [1.807, 2.05) is 36.4 Å². The van der Waals surface area contributed by atoms with Crippen LogP contribution in [0.1, 0.15) is 25.3 Å². The number of thioether (sulfide) groups is 1. The quantitative estimate of drug-likeness (QED) is 0.482. The van der Waals surface area contributed by atoms with Gasteiger partial charge in [0, 0.05) is 6.07 Å². The summed E-state index contributed by atoms with van der Waals surface area (Å²) < 4.78 is 6.42. The molecule has 0 aliphatic carbocycles. The van der Waals surface area contributed by atoms with Crippen molar-refractivity contribution in [1.82, 2.24) is 0 Å². The van der Waals surface area contributed by atoms with Crippen molar-refractivity contribution in [3.63, 3.8) is 0 Å². The average molecular weight is 370 g/mol. The maximum absolute atomic E-state index is 12.2. The predicted octanol–water partition coefficient (Wildman–Crippen LogP) is 5.70. The molecule has 0 aromatic heterocycles. The second-order valence-corrected chi connectivity index (χ2v) is 7.51. The van der Waals surface area contributed by atoms with Gasteiger partial charge in [-0.1, -0.05) is 62.1 Å². The number of carbonyl (C=O) groups excluding carboxylic acids is 1. The Morgan fingerprint density at radius 2 is 1.92 bits per heavy atom. The Bertz CT molecular complexity index is 815. The van der Waals surface area contributed by atoms with Crippen LogP contribution in [0.4, 0.5) is 5.69 Å². The lowest BCUT2D eigenvalue weighted by Crippen LogP contribution is -2.27. The number of amides is 1. The molecular weight excluding hydrogens is 350 g/mol. The van der Waals surface area contributed by atoms with Crippen LogP contribution in [0.2, 0.25) is 0 Å². The largest absolute Gasteiger partial charge is 0.457 e. The molecule has 128 valence electrons. The van der Waals surface area contributed by atoms with E-state index < -0.39 is 0 Å². The molecule has 2 aromatic carbocycles. The minimum absolute atomic E-state index is 0.174. The molecule has 0 N–H and O–H groups in total. The molecule has 1 fully saturated rings. The lowest BCUT2D eigenvalue weighted by molar-refractivity contribution is -0.113. The first kappa shape index (κ1) is 17.7. The van der Waals surface area contributed by atoms with Gasteiger partial charge in [-0.15, -0.1) is 0 Å². The third kappa shape index (κ3) is 4.11. The molecule has 3 rings (SSSR count). The smallest absolute Gasteiger partial charge is 0.270 e. The molecule has 1 aliphatic rings. The molecule has 3 nitrogen and oxygen atoms in total. The van der Waals surface area contributed by atoms with Crippen LogP contribution in [0.3, 0.4) is 0 Å². The summed E-state index contributed by atoms with van der Waals surface area (Å²) in [7, 11) is 0. The predicted molar refractivity (Wildman–Crippen MR) is 108 cm³/mol. The van der Waals surface area contributed by atoms with Crippen molar-refractivity contribution in [2.75, 3.05) is 4.90 Å². The van der Waals surface area contributed by atoms with Crippen molar-refractivity contribution >= 4 is 39.9 Å². The minimum Gasteiger partial charge on any atom is -0.457 e. The lowest BCUT2D eigenvalue weighted by Gasteiger charge is -2.16. The van der Waals surface area contributed by atoms with Crippen LogP contribution in [0, 0.1) is 0 Å². The van der Waals surface area contributed by atoms with Crippen LogP contribution in [0.25, 0.3) is 0 Å². The fourth-order valence-corrected chi connectivity index (χ4v) is 3.71. The highest BCUT2D eigenvalue weighted by Crippen LogP contribution is 2.35. The number of anilines is 1. The number of unbranched alkanes of at least 4 members (excludes halogenated alkanes) is 1. The van der Waals surface area contributed by atoms with Crippen molar-refractivity contribution in [1.29, 1.82) is 0 Å². The molecule has 1 saturated heterocycles. The van der Waals surface area contributed by atoms with E-state index >= 15 is 0 Å². The molecule has 0 atom stereocenters. The molecule has 0 unspecified atom stereocenters. The number of aryl methyl sites for hydroxylation is 1. The zero-order valence-electron chi connectivity index (χ0n) is 14.0. The Hall–Kier alpha value is -2.11. The Labute approximate surface area is 157 Å². The van der Waals surface area contributed by atoms with Gasteiger partial charge in [-0.3, -0.25) is 9.69 Å². The van der Waals surface area contributed by atoms with Gasteiger partial charge in [0.05, 0.1) is 10.6 Å². The van der Waals surface area contributed by atoms with Crippen LogP contribution in [-0.4, -0.2) is 10.2 Å². The Morgan fingerprint density at radius 1 is 1.16 bits per heavy atom. The van der Waals surface area contributed by atoms with Gasteiger partial charge >= 0.3 is 0 Å². The van der Waals surface area contributed by atoms with Crippen LogP contribution in [0.5, 0.6) is 11.5 Å².